The molecule has 0 aliphatic rings. The first kappa shape index (κ1) is 18.7. The molecule has 0 saturated carbocycles. The van der Waals surface area contributed by atoms with E-state index in [0.29, 0.717) is 22.5 Å². The summed E-state index contributed by atoms with van der Waals surface area (Å²) in [6.07, 6.45) is 1.06. The molecule has 0 spiro atoms. The maximum absolute atomic E-state index is 12.2. The number of nitrogens with one attached hydrogen (secondary N) is 3. The second-order valence-corrected chi connectivity index (χ2v) is 5.50. The van der Waals surface area contributed by atoms with Crippen LogP contribution in [0.3, 0.4) is 0 Å². The van der Waals surface area contributed by atoms with E-state index < -0.39 is 5.97 Å². The van der Waals surface area contributed by atoms with Gasteiger partial charge in [0, 0.05) is 24.7 Å². The highest BCUT2D eigenvalue weighted by molar-refractivity contribution is 6.00. The number of aromatic amines is 1. The number of amides is 2. The smallest absolute Gasteiger partial charge is 0.339 e. The maximum Gasteiger partial charge on any atom is 0.339 e. The second-order valence-electron chi connectivity index (χ2n) is 5.50. The van der Waals surface area contributed by atoms with Crippen LogP contribution in [0.5, 0.6) is 0 Å². The van der Waals surface area contributed by atoms with Gasteiger partial charge < -0.3 is 20.4 Å². The van der Waals surface area contributed by atoms with Crippen molar-refractivity contribution >= 4 is 17.8 Å². The van der Waals surface area contributed by atoms with Gasteiger partial charge in [-0.15, -0.1) is 0 Å². The van der Waals surface area contributed by atoms with Crippen molar-refractivity contribution in [2.24, 2.45) is 0 Å². The van der Waals surface area contributed by atoms with Gasteiger partial charge in [-0.1, -0.05) is 6.92 Å². The molecule has 1 rings (SSSR count). The van der Waals surface area contributed by atoms with Crippen molar-refractivity contribution in [3.8, 4) is 0 Å². The summed E-state index contributed by atoms with van der Waals surface area (Å²) in [6, 6.07) is 0.120. The Hall–Kier alpha value is -2.31. The second kappa shape index (κ2) is 8.36. The van der Waals surface area contributed by atoms with Crippen LogP contribution < -0.4 is 10.6 Å². The van der Waals surface area contributed by atoms with Crippen LogP contribution in [-0.2, 0) is 9.53 Å². The molecule has 3 N–H and O–H groups in total. The van der Waals surface area contributed by atoms with Crippen LogP contribution in [0.15, 0.2) is 0 Å². The summed E-state index contributed by atoms with van der Waals surface area (Å²) >= 11 is 0. The molecule has 1 aromatic rings. The van der Waals surface area contributed by atoms with Gasteiger partial charge in [0.25, 0.3) is 5.91 Å². The number of rotatable bonds is 7. The normalized spacial score (nSPS) is 11.7. The number of ether oxygens (including phenoxy) is 1. The number of carbonyl (C=O) groups excluding carboxylic acids is 3. The lowest BCUT2D eigenvalue weighted by Crippen LogP contribution is -2.35. The van der Waals surface area contributed by atoms with Crippen molar-refractivity contribution in [1.82, 2.24) is 15.6 Å². The van der Waals surface area contributed by atoms with Crippen LogP contribution in [0, 0.1) is 13.8 Å². The van der Waals surface area contributed by atoms with E-state index in [1.54, 1.807) is 13.8 Å². The Morgan fingerprint density at radius 2 is 1.91 bits per heavy atom. The molecule has 23 heavy (non-hydrogen) atoms. The van der Waals surface area contributed by atoms with Crippen molar-refractivity contribution in [1.29, 1.82) is 0 Å². The Morgan fingerprint density at radius 3 is 2.48 bits per heavy atom. The molecular formula is C16H25N3O4. The van der Waals surface area contributed by atoms with Gasteiger partial charge in [-0.2, -0.15) is 0 Å². The molecule has 128 valence electrons. The van der Waals surface area contributed by atoms with Crippen LogP contribution in [0.2, 0.25) is 0 Å². The molecular weight excluding hydrogens is 298 g/mol. The summed E-state index contributed by atoms with van der Waals surface area (Å²) in [5.41, 5.74) is 1.79. The minimum absolute atomic E-state index is 0.103. The highest BCUT2D eigenvalue weighted by atomic mass is 16.5. The summed E-state index contributed by atoms with van der Waals surface area (Å²) in [5, 5.41) is 5.51. The molecule has 1 heterocycles. The Kier molecular flexibility index (Phi) is 6.81. The zero-order valence-corrected chi connectivity index (χ0v) is 14.3. The van der Waals surface area contributed by atoms with Gasteiger partial charge in [-0.05, 0) is 32.8 Å². The van der Waals surface area contributed by atoms with E-state index in [4.69, 9.17) is 4.74 Å². The number of esters is 1. The molecule has 0 aromatic carbocycles. The molecule has 7 heteroatoms. The summed E-state index contributed by atoms with van der Waals surface area (Å²) in [7, 11) is 1.30. The topological polar surface area (TPSA) is 100 Å². The van der Waals surface area contributed by atoms with E-state index in [2.05, 4.69) is 15.6 Å². The van der Waals surface area contributed by atoms with E-state index in [9.17, 15) is 14.4 Å². The SMILES string of the molecule is CC[C@H](C)NC(=O)CCNC(=O)c1[nH]c(C)c(C(=O)OC)c1C. The number of hydrogen-bond acceptors (Lipinski definition) is 4. The fraction of sp³-hybridized carbons (Fsp3) is 0.562. The van der Waals surface area contributed by atoms with Crippen LogP contribution >= 0.6 is 0 Å². The van der Waals surface area contributed by atoms with Gasteiger partial charge in [0.15, 0.2) is 0 Å². The first-order chi connectivity index (χ1) is 10.8. The van der Waals surface area contributed by atoms with E-state index >= 15 is 0 Å². The van der Waals surface area contributed by atoms with E-state index in [1.165, 1.54) is 7.11 Å². The Morgan fingerprint density at radius 1 is 1.26 bits per heavy atom. The number of carbonyl (C=O) groups is 3. The number of hydrogen-bond donors (Lipinski definition) is 3. The lowest BCUT2D eigenvalue weighted by atomic mass is 10.1. The minimum Gasteiger partial charge on any atom is -0.465 e. The summed E-state index contributed by atoms with van der Waals surface area (Å²) < 4.78 is 4.71. The maximum atomic E-state index is 12.2. The molecule has 0 fully saturated rings. The lowest BCUT2D eigenvalue weighted by molar-refractivity contribution is -0.121. The largest absolute Gasteiger partial charge is 0.465 e. The standard InChI is InChI=1S/C16H25N3O4/c1-6-9(2)18-12(20)7-8-17-15(21)14-10(3)13(11(4)19-14)16(22)23-5/h9,19H,6-8H2,1-5H3,(H,17,21)(H,18,20)/t9-/m0/s1. The van der Waals surface area contributed by atoms with Gasteiger partial charge in [0.05, 0.1) is 12.7 Å². The van der Waals surface area contributed by atoms with E-state index in [1.807, 2.05) is 13.8 Å². The van der Waals surface area contributed by atoms with Crippen LogP contribution in [0.25, 0.3) is 0 Å². The highest BCUT2D eigenvalue weighted by Gasteiger charge is 2.22. The fourth-order valence-corrected chi connectivity index (χ4v) is 2.21. The van der Waals surface area contributed by atoms with Gasteiger partial charge in [0.2, 0.25) is 5.91 Å². The van der Waals surface area contributed by atoms with E-state index in [-0.39, 0.29) is 30.8 Å². The number of aromatic nitrogens is 1. The van der Waals surface area contributed by atoms with Crippen LogP contribution in [0.4, 0.5) is 0 Å². The summed E-state index contributed by atoms with van der Waals surface area (Å²) in [4.78, 5) is 38.4. The first-order valence-corrected chi connectivity index (χ1v) is 7.66. The van der Waals surface area contributed by atoms with Crippen LogP contribution in [0.1, 0.15) is 58.8 Å². The van der Waals surface area contributed by atoms with Crippen LogP contribution in [-0.4, -0.2) is 42.5 Å². The number of methoxy groups -OCH3 is 1. The molecule has 0 aliphatic carbocycles. The average Bonchev–Trinajstić information content (AvgIpc) is 2.81. The minimum atomic E-state index is -0.483. The Labute approximate surface area is 136 Å². The summed E-state index contributed by atoms with van der Waals surface area (Å²) in [6.45, 7) is 7.53. The van der Waals surface area contributed by atoms with Crippen molar-refractivity contribution in [3.63, 3.8) is 0 Å². The predicted molar refractivity (Wildman–Crippen MR) is 86.5 cm³/mol. The van der Waals surface area contributed by atoms with Gasteiger partial charge in [0.1, 0.15) is 5.69 Å². The fourth-order valence-electron chi connectivity index (χ4n) is 2.21. The molecule has 1 aromatic heterocycles. The number of aryl methyl sites for hydroxylation is 1. The molecule has 0 bridgehead atoms. The van der Waals surface area contributed by atoms with Crippen molar-refractivity contribution in [3.05, 3.63) is 22.5 Å². The average molecular weight is 323 g/mol. The monoisotopic (exact) mass is 323 g/mol. The lowest BCUT2D eigenvalue weighted by Gasteiger charge is -2.11. The third kappa shape index (κ3) is 4.84. The van der Waals surface area contributed by atoms with Gasteiger partial charge in [-0.3, -0.25) is 9.59 Å². The van der Waals surface area contributed by atoms with Gasteiger partial charge >= 0.3 is 5.97 Å². The number of H-pyrrole nitrogens is 1. The zero-order chi connectivity index (χ0) is 17.6. The molecule has 7 nitrogen and oxygen atoms in total. The molecule has 1 atom stereocenters. The molecule has 2 amide bonds. The van der Waals surface area contributed by atoms with Gasteiger partial charge in [-0.25, -0.2) is 4.79 Å². The molecule has 0 saturated heterocycles. The quantitative estimate of drug-likeness (QED) is 0.661. The Bertz CT molecular complexity index is 592. The molecule has 0 radical (unpaired) electrons. The van der Waals surface area contributed by atoms with Crippen molar-refractivity contribution < 1.29 is 19.1 Å². The van der Waals surface area contributed by atoms with E-state index in [0.717, 1.165) is 6.42 Å². The Balaban J connectivity index is 2.63. The molecule has 0 aliphatic heterocycles. The van der Waals surface area contributed by atoms with Crippen molar-refractivity contribution in [2.45, 2.75) is 46.6 Å². The third-order valence-corrected chi connectivity index (χ3v) is 3.71. The van der Waals surface area contributed by atoms with Crippen molar-refractivity contribution in [2.75, 3.05) is 13.7 Å². The zero-order valence-electron chi connectivity index (χ0n) is 14.3. The first-order valence-electron chi connectivity index (χ1n) is 7.66. The molecule has 0 unspecified atom stereocenters. The third-order valence-electron chi connectivity index (χ3n) is 3.71. The summed E-state index contributed by atoms with van der Waals surface area (Å²) in [5.74, 6) is -0.936. The predicted octanol–water partition coefficient (Wildman–Crippen LogP) is 1.45. The highest BCUT2D eigenvalue weighted by Crippen LogP contribution is 2.18.